The van der Waals surface area contributed by atoms with E-state index in [0.29, 0.717) is 11.4 Å². The van der Waals surface area contributed by atoms with Gasteiger partial charge in [-0.15, -0.1) is 0 Å². The first-order valence-corrected chi connectivity index (χ1v) is 9.68. The molecule has 1 aliphatic rings. The smallest absolute Gasteiger partial charge is 0.233 e. The Hall–Kier alpha value is -3.43. The summed E-state index contributed by atoms with van der Waals surface area (Å²) in [6.07, 6.45) is 3.41. The summed E-state index contributed by atoms with van der Waals surface area (Å²) in [5.41, 5.74) is 4.04. The average Bonchev–Trinajstić information content (AvgIpc) is 2.80. The Labute approximate surface area is 171 Å². The molecule has 0 unspecified atom stereocenters. The predicted octanol–water partition coefficient (Wildman–Crippen LogP) is 3.35. The van der Waals surface area contributed by atoms with Gasteiger partial charge in [-0.1, -0.05) is 42.5 Å². The lowest BCUT2D eigenvalue weighted by atomic mass is 9.99. The summed E-state index contributed by atoms with van der Waals surface area (Å²) in [6, 6.07) is 18.5. The Morgan fingerprint density at radius 3 is 2.48 bits per heavy atom. The van der Waals surface area contributed by atoms with E-state index in [2.05, 4.69) is 50.1 Å². The summed E-state index contributed by atoms with van der Waals surface area (Å²) in [4.78, 5) is 13.4. The maximum atomic E-state index is 9.31. The van der Waals surface area contributed by atoms with E-state index in [0.717, 1.165) is 49.7 Å². The zero-order valence-corrected chi connectivity index (χ0v) is 16.5. The van der Waals surface area contributed by atoms with Crippen molar-refractivity contribution in [2.75, 3.05) is 38.2 Å². The number of nitriles is 1. The van der Waals surface area contributed by atoms with E-state index in [1.165, 1.54) is 5.56 Å². The van der Waals surface area contributed by atoms with Crippen LogP contribution in [0.5, 0.6) is 5.88 Å². The van der Waals surface area contributed by atoms with Crippen molar-refractivity contribution >= 4 is 5.82 Å². The van der Waals surface area contributed by atoms with Crippen molar-refractivity contribution in [1.29, 1.82) is 5.26 Å². The summed E-state index contributed by atoms with van der Waals surface area (Å²) >= 11 is 0. The molecule has 0 radical (unpaired) electrons. The standard InChI is InChI=1S/C23H23N5O/c1-29-23-16-25-15-22(26-23)28-12-10-27(11-13-28)17-18-6-8-19(9-7-18)21-5-3-2-4-20(21)14-24/h2-9,15-16H,10-13,17H2,1H3. The molecule has 146 valence electrons. The predicted molar refractivity (Wildman–Crippen MR) is 113 cm³/mol. The number of hydrogen-bond donors (Lipinski definition) is 0. The van der Waals surface area contributed by atoms with Crippen LogP contribution in [0.2, 0.25) is 0 Å². The van der Waals surface area contributed by atoms with Crippen LogP contribution in [0.3, 0.4) is 0 Å². The van der Waals surface area contributed by atoms with E-state index in [4.69, 9.17) is 4.74 Å². The van der Waals surface area contributed by atoms with E-state index in [9.17, 15) is 5.26 Å². The number of rotatable bonds is 5. The molecule has 2 heterocycles. The van der Waals surface area contributed by atoms with Gasteiger partial charge in [-0.25, -0.2) is 0 Å². The molecule has 2 aromatic carbocycles. The second-order valence-corrected chi connectivity index (χ2v) is 7.04. The molecule has 1 aromatic heterocycles. The summed E-state index contributed by atoms with van der Waals surface area (Å²) in [6.45, 7) is 4.68. The number of nitrogens with zero attached hydrogens (tertiary/aromatic N) is 5. The van der Waals surface area contributed by atoms with Crippen molar-refractivity contribution in [1.82, 2.24) is 14.9 Å². The molecule has 0 saturated carbocycles. The van der Waals surface area contributed by atoms with Gasteiger partial charge in [0.25, 0.3) is 0 Å². The molecule has 3 aromatic rings. The van der Waals surface area contributed by atoms with E-state index >= 15 is 0 Å². The van der Waals surface area contributed by atoms with Gasteiger partial charge >= 0.3 is 0 Å². The first-order valence-electron chi connectivity index (χ1n) is 9.68. The zero-order chi connectivity index (χ0) is 20.1. The molecular formula is C23H23N5O. The van der Waals surface area contributed by atoms with Crippen molar-refractivity contribution < 1.29 is 4.74 Å². The number of piperazine rings is 1. The van der Waals surface area contributed by atoms with E-state index < -0.39 is 0 Å². The Kier molecular flexibility index (Phi) is 5.68. The molecule has 0 atom stereocenters. The molecule has 6 heteroatoms. The van der Waals surface area contributed by atoms with E-state index in [-0.39, 0.29) is 0 Å². The van der Waals surface area contributed by atoms with Crippen LogP contribution >= 0.6 is 0 Å². The lowest BCUT2D eigenvalue weighted by Gasteiger charge is -2.35. The highest BCUT2D eigenvalue weighted by molar-refractivity contribution is 5.70. The largest absolute Gasteiger partial charge is 0.480 e. The Morgan fingerprint density at radius 2 is 1.76 bits per heavy atom. The fourth-order valence-electron chi connectivity index (χ4n) is 3.60. The van der Waals surface area contributed by atoms with Crippen molar-refractivity contribution in [2.24, 2.45) is 0 Å². The maximum absolute atomic E-state index is 9.31. The summed E-state index contributed by atoms with van der Waals surface area (Å²) in [7, 11) is 1.61. The van der Waals surface area contributed by atoms with Gasteiger partial charge < -0.3 is 9.64 Å². The minimum absolute atomic E-state index is 0.544. The number of aromatic nitrogens is 2. The molecule has 4 rings (SSSR count). The average molecular weight is 385 g/mol. The monoisotopic (exact) mass is 385 g/mol. The topological polar surface area (TPSA) is 65.3 Å². The minimum Gasteiger partial charge on any atom is -0.480 e. The lowest BCUT2D eigenvalue weighted by molar-refractivity contribution is 0.249. The number of methoxy groups -OCH3 is 1. The number of benzene rings is 2. The Morgan fingerprint density at radius 1 is 1.00 bits per heavy atom. The van der Waals surface area contributed by atoms with Crippen LogP contribution < -0.4 is 9.64 Å². The molecule has 0 aliphatic carbocycles. The van der Waals surface area contributed by atoms with Gasteiger partial charge in [0.15, 0.2) is 5.82 Å². The van der Waals surface area contributed by atoms with E-state index in [1.807, 2.05) is 24.3 Å². The van der Waals surface area contributed by atoms with Crippen molar-refractivity contribution in [3.05, 3.63) is 72.1 Å². The van der Waals surface area contributed by atoms with Gasteiger partial charge in [0.1, 0.15) is 0 Å². The van der Waals surface area contributed by atoms with Gasteiger partial charge in [0, 0.05) is 32.7 Å². The maximum Gasteiger partial charge on any atom is 0.233 e. The fraction of sp³-hybridized carbons (Fsp3) is 0.261. The highest BCUT2D eigenvalue weighted by atomic mass is 16.5. The molecule has 1 saturated heterocycles. The van der Waals surface area contributed by atoms with Gasteiger partial charge in [-0.3, -0.25) is 9.88 Å². The van der Waals surface area contributed by atoms with Crippen LogP contribution in [0.25, 0.3) is 11.1 Å². The molecule has 0 amide bonds. The third-order valence-electron chi connectivity index (χ3n) is 5.22. The van der Waals surface area contributed by atoms with Gasteiger partial charge in [0.05, 0.1) is 31.1 Å². The zero-order valence-electron chi connectivity index (χ0n) is 16.5. The van der Waals surface area contributed by atoms with Gasteiger partial charge in [-0.2, -0.15) is 10.2 Å². The van der Waals surface area contributed by atoms with Crippen molar-refractivity contribution in [3.63, 3.8) is 0 Å². The van der Waals surface area contributed by atoms with Crippen molar-refractivity contribution in [2.45, 2.75) is 6.54 Å². The van der Waals surface area contributed by atoms with Crippen LogP contribution in [0.1, 0.15) is 11.1 Å². The Balaban J connectivity index is 1.37. The number of anilines is 1. The molecule has 0 bridgehead atoms. The molecule has 1 aliphatic heterocycles. The molecule has 0 spiro atoms. The first-order chi connectivity index (χ1) is 14.3. The molecule has 0 N–H and O–H groups in total. The molecule has 1 fully saturated rings. The quantitative estimate of drug-likeness (QED) is 0.671. The number of ether oxygens (including phenoxy) is 1. The lowest BCUT2D eigenvalue weighted by Crippen LogP contribution is -2.46. The first kappa shape index (κ1) is 18.9. The summed E-state index contributed by atoms with van der Waals surface area (Å²) in [5, 5.41) is 9.31. The minimum atomic E-state index is 0.544. The highest BCUT2D eigenvalue weighted by Gasteiger charge is 2.19. The van der Waals surface area contributed by atoms with Gasteiger partial charge in [0.2, 0.25) is 5.88 Å². The second kappa shape index (κ2) is 8.72. The normalized spacial score (nSPS) is 14.4. The van der Waals surface area contributed by atoms with Crippen LogP contribution in [0.4, 0.5) is 5.82 Å². The summed E-state index contributed by atoms with van der Waals surface area (Å²) < 4.78 is 5.17. The number of hydrogen-bond acceptors (Lipinski definition) is 6. The van der Waals surface area contributed by atoms with Gasteiger partial charge in [-0.05, 0) is 22.8 Å². The highest BCUT2D eigenvalue weighted by Crippen LogP contribution is 2.24. The van der Waals surface area contributed by atoms with Crippen molar-refractivity contribution in [3.8, 4) is 23.1 Å². The van der Waals surface area contributed by atoms with Crippen LogP contribution in [0.15, 0.2) is 60.9 Å². The molecular weight excluding hydrogens is 362 g/mol. The Bertz CT molecular complexity index is 1000. The van der Waals surface area contributed by atoms with Crippen LogP contribution in [-0.2, 0) is 6.54 Å². The van der Waals surface area contributed by atoms with E-state index in [1.54, 1.807) is 19.5 Å². The second-order valence-electron chi connectivity index (χ2n) is 7.04. The fourth-order valence-corrected chi connectivity index (χ4v) is 3.60. The van der Waals surface area contributed by atoms with Crippen LogP contribution in [-0.4, -0.2) is 48.2 Å². The van der Waals surface area contributed by atoms with Crippen LogP contribution in [0, 0.1) is 11.3 Å². The molecule has 6 nitrogen and oxygen atoms in total. The molecule has 29 heavy (non-hydrogen) atoms. The summed E-state index contributed by atoms with van der Waals surface area (Å²) in [5.74, 6) is 1.41. The third kappa shape index (κ3) is 4.36. The SMILES string of the molecule is COc1cncc(N2CCN(Cc3ccc(-c4ccccc4C#N)cc3)CC2)n1. The third-order valence-corrected chi connectivity index (χ3v) is 5.22.